The van der Waals surface area contributed by atoms with Crippen molar-refractivity contribution in [2.24, 2.45) is 0 Å². The largest absolute Gasteiger partial charge is 4.00 e. The van der Waals surface area contributed by atoms with E-state index >= 15 is 0 Å². The van der Waals surface area contributed by atoms with Crippen LogP contribution in [-0.4, -0.2) is 23.9 Å². The number of benzene rings is 1. The minimum atomic E-state index is -2.00. The fourth-order valence-electron chi connectivity index (χ4n) is 1.28. The predicted molar refractivity (Wildman–Crippen MR) is 43.8 cm³/mol. The number of carbonyl (C=O) groups excluding carboxylic acids is 4. The summed E-state index contributed by atoms with van der Waals surface area (Å²) in [6, 6.07) is 0.613. The Balaban J connectivity index is 0.00000324. The van der Waals surface area contributed by atoms with Crippen LogP contribution in [0.2, 0.25) is 0 Å². The van der Waals surface area contributed by atoms with Gasteiger partial charge in [-0.25, -0.2) is 0 Å². The number of hydrogen-bond donors (Lipinski definition) is 0. The van der Waals surface area contributed by atoms with Crippen molar-refractivity contribution in [3.8, 4) is 0 Å². The van der Waals surface area contributed by atoms with Crippen LogP contribution in [0.5, 0.6) is 0 Å². The topological polar surface area (TPSA) is 161 Å². The second kappa shape index (κ2) is 6.24. The number of aromatic carboxylic acids is 4. The molecule has 94 valence electrons. The Kier molecular flexibility index (Phi) is 5.58. The predicted octanol–water partition coefficient (Wildman–Crippen LogP) is -4.86. The normalized spacial score (nSPS) is 9.26. The Morgan fingerprint density at radius 2 is 0.737 bits per heavy atom. The zero-order valence-corrected chi connectivity index (χ0v) is 11.4. The Hall–Kier alpha value is -2.02. The summed E-state index contributed by atoms with van der Waals surface area (Å²) in [5, 5.41) is 42.4. The maximum absolute atomic E-state index is 10.6. The molecular weight excluding hydrogens is 339 g/mol. The summed E-state index contributed by atoms with van der Waals surface area (Å²) in [7, 11) is 0. The van der Waals surface area contributed by atoms with Crippen LogP contribution in [0.15, 0.2) is 12.1 Å². The van der Waals surface area contributed by atoms with Crippen LogP contribution < -0.4 is 20.4 Å². The molecule has 0 saturated carbocycles. The van der Waals surface area contributed by atoms with Crippen LogP contribution in [0.3, 0.4) is 0 Å². The molecule has 0 amide bonds. The Labute approximate surface area is 124 Å². The second-order valence-corrected chi connectivity index (χ2v) is 3.09. The molecule has 19 heavy (non-hydrogen) atoms. The average molecular weight is 341 g/mol. The van der Waals surface area contributed by atoms with E-state index in [1.165, 1.54) is 0 Å². The molecule has 1 aromatic rings. The minimum Gasteiger partial charge on any atom is -0.545 e. The third-order valence-corrected chi connectivity index (χ3v) is 2.04. The van der Waals surface area contributed by atoms with Crippen molar-refractivity contribution in [2.75, 3.05) is 0 Å². The van der Waals surface area contributed by atoms with Crippen molar-refractivity contribution in [3.63, 3.8) is 0 Å². The van der Waals surface area contributed by atoms with Gasteiger partial charge in [-0.05, 0) is 12.1 Å². The zero-order valence-electron chi connectivity index (χ0n) is 8.92. The van der Waals surface area contributed by atoms with Crippen molar-refractivity contribution in [3.05, 3.63) is 34.4 Å². The SMILES string of the molecule is O=C([O-])c1cc(C(=O)[O-])c(C(=O)[O-])cc1C(=O)[O-].[Zr+4]. The Morgan fingerprint density at radius 3 is 0.842 bits per heavy atom. The van der Waals surface area contributed by atoms with Crippen molar-refractivity contribution in [2.45, 2.75) is 0 Å². The molecule has 8 nitrogen and oxygen atoms in total. The van der Waals surface area contributed by atoms with Gasteiger partial charge in [0, 0.05) is 22.3 Å². The molecule has 0 aliphatic rings. The molecular formula is C10H2O8Zr. The van der Waals surface area contributed by atoms with Gasteiger partial charge in [0.25, 0.3) is 0 Å². The van der Waals surface area contributed by atoms with Gasteiger partial charge in [0.15, 0.2) is 0 Å². The van der Waals surface area contributed by atoms with Gasteiger partial charge in [-0.1, -0.05) is 0 Å². The van der Waals surface area contributed by atoms with Crippen molar-refractivity contribution < 1.29 is 65.8 Å². The van der Waals surface area contributed by atoms with Gasteiger partial charge in [0.05, 0.1) is 23.9 Å². The Bertz CT molecular complexity index is 479. The molecule has 0 N–H and O–H groups in total. The molecule has 1 aromatic carbocycles. The quantitative estimate of drug-likeness (QED) is 0.526. The molecule has 0 saturated heterocycles. The van der Waals surface area contributed by atoms with Crippen molar-refractivity contribution in [1.82, 2.24) is 0 Å². The number of carboxylic acids is 4. The first kappa shape index (κ1) is 17.0. The minimum absolute atomic E-state index is 0. The van der Waals surface area contributed by atoms with Gasteiger partial charge in [0.2, 0.25) is 0 Å². The summed E-state index contributed by atoms with van der Waals surface area (Å²) < 4.78 is 0. The maximum Gasteiger partial charge on any atom is 4.00 e. The van der Waals surface area contributed by atoms with Gasteiger partial charge in [0.1, 0.15) is 0 Å². The number of carboxylic acid groups (broad SMARTS) is 4. The fourth-order valence-corrected chi connectivity index (χ4v) is 1.28. The second-order valence-electron chi connectivity index (χ2n) is 3.09. The van der Waals surface area contributed by atoms with Gasteiger partial charge in [-0.15, -0.1) is 0 Å². The smallest absolute Gasteiger partial charge is 0.545 e. The van der Waals surface area contributed by atoms with Crippen LogP contribution in [0.1, 0.15) is 41.4 Å². The molecule has 0 unspecified atom stereocenters. The van der Waals surface area contributed by atoms with Crippen LogP contribution in [0, 0.1) is 0 Å². The fraction of sp³-hybridized carbons (Fsp3) is 0. The van der Waals surface area contributed by atoms with Gasteiger partial charge in [-0.2, -0.15) is 0 Å². The summed E-state index contributed by atoms with van der Waals surface area (Å²) in [6.45, 7) is 0. The van der Waals surface area contributed by atoms with Crippen LogP contribution in [-0.2, 0) is 26.2 Å². The summed E-state index contributed by atoms with van der Waals surface area (Å²) in [4.78, 5) is 42.4. The first-order chi connectivity index (χ1) is 8.25. The maximum atomic E-state index is 10.6. The van der Waals surface area contributed by atoms with Crippen LogP contribution in [0.25, 0.3) is 0 Å². The molecule has 0 aliphatic carbocycles. The summed E-state index contributed by atoms with van der Waals surface area (Å²) >= 11 is 0. The van der Waals surface area contributed by atoms with Crippen molar-refractivity contribution >= 4 is 23.9 Å². The zero-order chi connectivity index (χ0) is 14.0. The van der Waals surface area contributed by atoms with E-state index in [9.17, 15) is 39.6 Å². The molecule has 0 fully saturated rings. The van der Waals surface area contributed by atoms with E-state index in [1.54, 1.807) is 0 Å². The van der Waals surface area contributed by atoms with E-state index in [4.69, 9.17) is 0 Å². The first-order valence-electron chi connectivity index (χ1n) is 4.29. The molecule has 0 spiro atoms. The van der Waals surface area contributed by atoms with Gasteiger partial charge >= 0.3 is 26.2 Å². The molecule has 0 bridgehead atoms. The van der Waals surface area contributed by atoms with E-state index in [2.05, 4.69) is 0 Å². The number of rotatable bonds is 4. The van der Waals surface area contributed by atoms with E-state index in [0.29, 0.717) is 12.1 Å². The standard InChI is InChI=1S/C10H6O8.Zr/c11-7(12)3-1-4(8(13)14)6(10(17)18)2-5(3)9(15)16;/h1-2H,(H,11,12)(H,13,14)(H,15,16)(H,17,18);/q;+4/p-4. The number of hydrogen-bond acceptors (Lipinski definition) is 8. The molecule has 0 heterocycles. The number of carbonyl (C=O) groups is 4. The summed E-state index contributed by atoms with van der Waals surface area (Å²) in [5.74, 6) is -7.99. The molecule has 9 heteroatoms. The van der Waals surface area contributed by atoms with Crippen LogP contribution >= 0.6 is 0 Å². The Morgan fingerprint density at radius 1 is 0.579 bits per heavy atom. The van der Waals surface area contributed by atoms with E-state index in [-0.39, 0.29) is 26.2 Å². The van der Waals surface area contributed by atoms with Crippen LogP contribution in [0.4, 0.5) is 0 Å². The summed E-state index contributed by atoms with van der Waals surface area (Å²) in [5.41, 5.74) is -4.11. The van der Waals surface area contributed by atoms with E-state index in [0.717, 1.165) is 0 Å². The van der Waals surface area contributed by atoms with E-state index in [1.807, 2.05) is 0 Å². The molecule has 0 aliphatic heterocycles. The van der Waals surface area contributed by atoms with E-state index < -0.39 is 46.1 Å². The van der Waals surface area contributed by atoms with Gasteiger partial charge < -0.3 is 39.6 Å². The first-order valence-corrected chi connectivity index (χ1v) is 4.29. The molecule has 1 rings (SSSR count). The third-order valence-electron chi connectivity index (χ3n) is 2.04. The molecule has 0 atom stereocenters. The summed E-state index contributed by atoms with van der Waals surface area (Å²) in [6.07, 6.45) is 0. The third kappa shape index (κ3) is 3.48. The average Bonchev–Trinajstić information content (AvgIpc) is 2.26. The van der Waals surface area contributed by atoms with Gasteiger partial charge in [-0.3, -0.25) is 0 Å². The monoisotopic (exact) mass is 340 g/mol. The molecule has 0 radical (unpaired) electrons. The van der Waals surface area contributed by atoms with Crippen molar-refractivity contribution in [1.29, 1.82) is 0 Å². The molecule has 0 aromatic heterocycles.